The van der Waals surface area contributed by atoms with Gasteiger partial charge >= 0.3 is 5.97 Å². The zero-order valence-corrected chi connectivity index (χ0v) is 12.2. The molecule has 0 heterocycles. The summed E-state index contributed by atoms with van der Waals surface area (Å²) in [5.74, 6) is -1.64. The van der Waals surface area contributed by atoms with Crippen LogP contribution in [0, 0.1) is 11.8 Å². The largest absolute Gasteiger partial charge is 0.481 e. The van der Waals surface area contributed by atoms with E-state index in [1.54, 1.807) is 0 Å². The second kappa shape index (κ2) is 6.64. The Morgan fingerprint density at radius 1 is 1.05 bits per heavy atom. The van der Waals surface area contributed by atoms with E-state index in [2.05, 4.69) is 11.6 Å². The van der Waals surface area contributed by atoms with Crippen LogP contribution in [0.15, 0.2) is 0 Å². The first-order valence-electron chi connectivity index (χ1n) is 7.19. The fourth-order valence-corrected chi connectivity index (χ4v) is 4.34. The summed E-state index contributed by atoms with van der Waals surface area (Å²) in [5.41, 5.74) is 0. The van der Waals surface area contributed by atoms with Crippen molar-refractivity contribution >= 4 is 23.6 Å². The van der Waals surface area contributed by atoms with Gasteiger partial charge in [-0.15, -0.1) is 0 Å². The summed E-state index contributed by atoms with van der Waals surface area (Å²) in [6.45, 7) is 0. The van der Waals surface area contributed by atoms with E-state index in [1.165, 1.54) is 6.42 Å². The van der Waals surface area contributed by atoms with Gasteiger partial charge < -0.3 is 10.4 Å². The van der Waals surface area contributed by atoms with Gasteiger partial charge in [0.05, 0.1) is 11.8 Å². The van der Waals surface area contributed by atoms with Gasteiger partial charge in [0.15, 0.2) is 0 Å². The average Bonchev–Trinajstić information content (AvgIpc) is 2.88. The molecule has 2 saturated carbocycles. The molecule has 5 heteroatoms. The van der Waals surface area contributed by atoms with Gasteiger partial charge in [0.1, 0.15) is 0 Å². The van der Waals surface area contributed by atoms with E-state index in [-0.39, 0.29) is 17.9 Å². The van der Waals surface area contributed by atoms with Crippen LogP contribution in [0.4, 0.5) is 0 Å². The third-order valence-electron chi connectivity index (χ3n) is 4.50. The van der Waals surface area contributed by atoms with E-state index < -0.39 is 11.9 Å². The topological polar surface area (TPSA) is 66.4 Å². The quantitative estimate of drug-likeness (QED) is 0.831. The van der Waals surface area contributed by atoms with Crippen LogP contribution in [0.2, 0.25) is 0 Å². The van der Waals surface area contributed by atoms with Crippen molar-refractivity contribution in [3.05, 3.63) is 0 Å². The molecule has 0 aliphatic heterocycles. The first kappa shape index (κ1) is 14.7. The summed E-state index contributed by atoms with van der Waals surface area (Å²) >= 11 is 1.81. The number of hydrogen-bond donors (Lipinski definition) is 2. The molecule has 4 nitrogen and oxygen atoms in total. The maximum atomic E-state index is 12.3. The van der Waals surface area contributed by atoms with Crippen LogP contribution in [0.3, 0.4) is 0 Å². The van der Waals surface area contributed by atoms with Crippen molar-refractivity contribution in [2.45, 2.75) is 56.2 Å². The van der Waals surface area contributed by atoms with Gasteiger partial charge in [-0.05, 0) is 31.9 Å². The normalized spacial score (nSPS) is 35.0. The first-order valence-corrected chi connectivity index (χ1v) is 8.48. The fourth-order valence-electron chi connectivity index (χ4n) is 3.40. The summed E-state index contributed by atoms with van der Waals surface area (Å²) in [5, 5.41) is 12.8. The monoisotopic (exact) mass is 285 g/mol. The fraction of sp³-hybridized carbons (Fsp3) is 0.857. The van der Waals surface area contributed by atoms with Crippen molar-refractivity contribution in [3.63, 3.8) is 0 Å². The summed E-state index contributed by atoms with van der Waals surface area (Å²) in [7, 11) is 0. The Labute approximate surface area is 118 Å². The number of thioether (sulfide) groups is 1. The summed E-state index contributed by atoms with van der Waals surface area (Å²) in [6.07, 6.45) is 8.88. The molecule has 108 valence electrons. The lowest BCUT2D eigenvalue weighted by Crippen LogP contribution is -2.47. The van der Waals surface area contributed by atoms with Gasteiger partial charge in [-0.3, -0.25) is 9.59 Å². The van der Waals surface area contributed by atoms with E-state index in [0.29, 0.717) is 11.7 Å². The molecule has 2 aliphatic carbocycles. The van der Waals surface area contributed by atoms with Crippen LogP contribution in [-0.2, 0) is 9.59 Å². The average molecular weight is 285 g/mol. The van der Waals surface area contributed by atoms with Gasteiger partial charge in [0, 0.05) is 11.3 Å². The van der Waals surface area contributed by atoms with Gasteiger partial charge in [0.2, 0.25) is 5.91 Å². The number of carboxylic acids is 1. The van der Waals surface area contributed by atoms with Crippen molar-refractivity contribution in [2.75, 3.05) is 6.26 Å². The van der Waals surface area contributed by atoms with Crippen LogP contribution < -0.4 is 5.32 Å². The number of hydrogen-bond acceptors (Lipinski definition) is 3. The van der Waals surface area contributed by atoms with E-state index in [9.17, 15) is 9.59 Å². The number of carbonyl (C=O) groups is 2. The Bertz CT molecular complexity index is 348. The molecule has 2 rings (SSSR count). The van der Waals surface area contributed by atoms with Crippen LogP contribution in [0.1, 0.15) is 44.9 Å². The van der Waals surface area contributed by atoms with Crippen LogP contribution in [0.25, 0.3) is 0 Å². The number of amides is 1. The van der Waals surface area contributed by atoms with Gasteiger partial charge in [0.25, 0.3) is 0 Å². The second-order valence-corrected chi connectivity index (χ2v) is 6.73. The molecule has 0 bridgehead atoms. The van der Waals surface area contributed by atoms with Crippen LogP contribution in [0.5, 0.6) is 0 Å². The number of carboxylic acid groups (broad SMARTS) is 1. The molecule has 4 unspecified atom stereocenters. The van der Waals surface area contributed by atoms with E-state index in [4.69, 9.17) is 5.11 Å². The molecule has 0 aromatic carbocycles. The minimum absolute atomic E-state index is 0.0316. The minimum Gasteiger partial charge on any atom is -0.481 e. The lowest BCUT2D eigenvalue weighted by molar-refractivity contribution is -0.146. The van der Waals surface area contributed by atoms with E-state index in [1.807, 2.05) is 11.8 Å². The van der Waals surface area contributed by atoms with Gasteiger partial charge in [-0.25, -0.2) is 0 Å². The molecule has 4 atom stereocenters. The maximum absolute atomic E-state index is 12.3. The van der Waals surface area contributed by atoms with Crippen molar-refractivity contribution in [1.29, 1.82) is 0 Å². The predicted octanol–water partition coefficient (Wildman–Crippen LogP) is 2.28. The van der Waals surface area contributed by atoms with Crippen molar-refractivity contribution in [3.8, 4) is 0 Å². The Balaban J connectivity index is 1.94. The second-order valence-electron chi connectivity index (χ2n) is 5.66. The summed E-state index contributed by atoms with van der Waals surface area (Å²) in [4.78, 5) is 23.5. The molecule has 2 fully saturated rings. The highest BCUT2D eigenvalue weighted by atomic mass is 32.2. The molecule has 2 aliphatic rings. The highest BCUT2D eigenvalue weighted by Crippen LogP contribution is 2.33. The zero-order chi connectivity index (χ0) is 13.8. The molecule has 2 N–H and O–H groups in total. The molecule has 0 saturated heterocycles. The highest BCUT2D eigenvalue weighted by Gasteiger charge is 2.39. The molecular weight excluding hydrogens is 262 g/mol. The predicted molar refractivity (Wildman–Crippen MR) is 76.2 cm³/mol. The Kier molecular flexibility index (Phi) is 5.13. The molecule has 0 radical (unpaired) electrons. The van der Waals surface area contributed by atoms with Gasteiger partial charge in [-0.1, -0.05) is 19.3 Å². The molecular formula is C14H23NO3S. The highest BCUT2D eigenvalue weighted by molar-refractivity contribution is 7.99. The molecule has 19 heavy (non-hydrogen) atoms. The van der Waals surface area contributed by atoms with Crippen LogP contribution in [-0.4, -0.2) is 34.5 Å². The van der Waals surface area contributed by atoms with E-state index in [0.717, 1.165) is 32.1 Å². The molecule has 0 aromatic heterocycles. The first-order chi connectivity index (χ1) is 9.13. The van der Waals surface area contributed by atoms with Crippen molar-refractivity contribution < 1.29 is 14.7 Å². The van der Waals surface area contributed by atoms with E-state index >= 15 is 0 Å². The number of carbonyl (C=O) groups excluding carboxylic acids is 1. The number of nitrogens with one attached hydrogen (secondary N) is 1. The lowest BCUT2D eigenvalue weighted by atomic mass is 9.92. The summed E-state index contributed by atoms with van der Waals surface area (Å²) in [6, 6.07) is 0.228. The van der Waals surface area contributed by atoms with Gasteiger partial charge in [-0.2, -0.15) is 11.8 Å². The smallest absolute Gasteiger partial charge is 0.307 e. The molecule has 0 aromatic rings. The summed E-state index contributed by atoms with van der Waals surface area (Å²) < 4.78 is 0. The standard InChI is InChI=1S/C14H23NO3S/c1-19-12-8-3-2-7-11(12)15-13(16)9-5-4-6-10(9)14(17)18/h9-12H,2-8H2,1H3,(H,15,16)(H,17,18). The van der Waals surface area contributed by atoms with Crippen molar-refractivity contribution in [1.82, 2.24) is 5.32 Å². The lowest BCUT2D eigenvalue weighted by Gasteiger charge is -2.32. The van der Waals surface area contributed by atoms with Crippen molar-refractivity contribution in [2.24, 2.45) is 11.8 Å². The Morgan fingerprint density at radius 3 is 2.42 bits per heavy atom. The zero-order valence-electron chi connectivity index (χ0n) is 11.4. The third kappa shape index (κ3) is 3.44. The minimum atomic E-state index is -0.817. The molecule has 0 spiro atoms. The SMILES string of the molecule is CSC1CCCCC1NC(=O)C1CCCC1C(=O)O. The number of aliphatic carboxylic acids is 1. The number of rotatable bonds is 4. The van der Waals surface area contributed by atoms with Crippen LogP contribution >= 0.6 is 11.8 Å². The molecule has 1 amide bonds. The Morgan fingerprint density at radius 2 is 1.74 bits per heavy atom. The Hall–Kier alpha value is -0.710. The third-order valence-corrected chi connectivity index (χ3v) is 5.67. The maximum Gasteiger partial charge on any atom is 0.307 e.